The Morgan fingerprint density at radius 2 is 1.71 bits per heavy atom. The third-order valence-corrected chi connectivity index (χ3v) is 3.49. The van der Waals surface area contributed by atoms with Crippen molar-refractivity contribution >= 4 is 0 Å². The largest absolute Gasteiger partial charge is 0.385 e. The van der Waals surface area contributed by atoms with Gasteiger partial charge in [-0.15, -0.1) is 0 Å². The Labute approximate surface area is 104 Å². The molecule has 1 fully saturated rings. The Hall–Kier alpha value is -0.860. The third kappa shape index (κ3) is 2.70. The fraction of sp³-hybridized carbons (Fsp3) is 0.600. The standard InChI is InChI=1S/C15H22O2/c1-11-7-12(2)9-13(8-11)15(16)5-6-17-14(3,4)10-15/h7-9,16H,5-6,10H2,1-4H3. The first-order chi connectivity index (χ1) is 7.81. The van der Waals surface area contributed by atoms with Crippen molar-refractivity contribution in [1.29, 1.82) is 0 Å². The molecule has 94 valence electrons. The number of aliphatic hydroxyl groups is 1. The van der Waals surface area contributed by atoms with Gasteiger partial charge in [0.2, 0.25) is 0 Å². The molecule has 2 heteroatoms. The van der Waals surface area contributed by atoms with Crippen molar-refractivity contribution in [2.24, 2.45) is 0 Å². The number of aryl methyl sites for hydroxylation is 2. The first-order valence-electron chi connectivity index (χ1n) is 6.26. The lowest BCUT2D eigenvalue weighted by Crippen LogP contribution is -2.43. The minimum absolute atomic E-state index is 0.245. The number of hydrogen-bond acceptors (Lipinski definition) is 2. The molecule has 1 aromatic rings. The fourth-order valence-electron chi connectivity index (χ4n) is 2.83. The van der Waals surface area contributed by atoms with Gasteiger partial charge in [0, 0.05) is 12.8 Å². The van der Waals surface area contributed by atoms with Gasteiger partial charge in [0.25, 0.3) is 0 Å². The molecular formula is C15H22O2. The van der Waals surface area contributed by atoms with E-state index in [-0.39, 0.29) is 5.60 Å². The van der Waals surface area contributed by atoms with Crippen LogP contribution in [0.5, 0.6) is 0 Å². The molecule has 17 heavy (non-hydrogen) atoms. The molecule has 1 heterocycles. The van der Waals surface area contributed by atoms with Gasteiger partial charge in [0.05, 0.1) is 17.8 Å². The predicted molar refractivity (Wildman–Crippen MR) is 69.1 cm³/mol. The number of rotatable bonds is 1. The first kappa shape index (κ1) is 12.6. The quantitative estimate of drug-likeness (QED) is 0.809. The normalized spacial score (nSPS) is 28.1. The van der Waals surface area contributed by atoms with Crippen molar-refractivity contribution in [2.75, 3.05) is 6.61 Å². The van der Waals surface area contributed by atoms with E-state index in [2.05, 4.69) is 32.0 Å². The summed E-state index contributed by atoms with van der Waals surface area (Å²) in [5.41, 5.74) is 2.46. The maximum absolute atomic E-state index is 10.8. The van der Waals surface area contributed by atoms with E-state index >= 15 is 0 Å². The molecule has 1 aliphatic rings. The highest BCUT2D eigenvalue weighted by Gasteiger charge is 2.40. The van der Waals surface area contributed by atoms with Crippen LogP contribution in [0.1, 0.15) is 43.4 Å². The van der Waals surface area contributed by atoms with Crippen molar-refractivity contribution in [1.82, 2.24) is 0 Å². The number of ether oxygens (including phenoxy) is 1. The summed E-state index contributed by atoms with van der Waals surface area (Å²) >= 11 is 0. The Bertz CT molecular complexity index is 403. The Morgan fingerprint density at radius 3 is 2.24 bits per heavy atom. The molecule has 2 rings (SSSR count). The molecule has 0 aliphatic carbocycles. The van der Waals surface area contributed by atoms with Gasteiger partial charge in [-0.05, 0) is 33.3 Å². The van der Waals surface area contributed by atoms with Gasteiger partial charge in [0.1, 0.15) is 0 Å². The third-order valence-electron chi connectivity index (χ3n) is 3.49. The fourth-order valence-corrected chi connectivity index (χ4v) is 2.83. The van der Waals surface area contributed by atoms with Crippen molar-refractivity contribution in [3.63, 3.8) is 0 Å². The molecule has 1 N–H and O–H groups in total. The van der Waals surface area contributed by atoms with Gasteiger partial charge in [-0.3, -0.25) is 0 Å². The minimum atomic E-state index is -0.738. The average molecular weight is 234 g/mol. The smallest absolute Gasteiger partial charge is 0.0945 e. The predicted octanol–water partition coefficient (Wildman–Crippen LogP) is 3.08. The van der Waals surface area contributed by atoms with Crippen LogP contribution in [0.3, 0.4) is 0 Å². The van der Waals surface area contributed by atoms with Crippen LogP contribution >= 0.6 is 0 Å². The topological polar surface area (TPSA) is 29.5 Å². The summed E-state index contributed by atoms with van der Waals surface area (Å²) in [4.78, 5) is 0. The van der Waals surface area contributed by atoms with Crippen LogP contribution in [-0.2, 0) is 10.3 Å². The summed E-state index contributed by atoms with van der Waals surface area (Å²) in [6, 6.07) is 6.32. The zero-order valence-electron chi connectivity index (χ0n) is 11.2. The van der Waals surface area contributed by atoms with Crippen LogP contribution in [0.25, 0.3) is 0 Å². The molecule has 0 spiro atoms. The second-order valence-corrected chi connectivity index (χ2v) is 5.94. The lowest BCUT2D eigenvalue weighted by Gasteiger charge is -2.42. The SMILES string of the molecule is Cc1cc(C)cc(C2(O)CCOC(C)(C)C2)c1. The highest BCUT2D eigenvalue weighted by molar-refractivity contribution is 5.33. The second-order valence-electron chi connectivity index (χ2n) is 5.94. The maximum atomic E-state index is 10.8. The molecular weight excluding hydrogens is 212 g/mol. The van der Waals surface area contributed by atoms with E-state index in [0.29, 0.717) is 19.4 Å². The summed E-state index contributed by atoms with van der Waals surface area (Å²) in [7, 11) is 0. The first-order valence-corrected chi connectivity index (χ1v) is 6.26. The molecule has 1 saturated heterocycles. The van der Waals surface area contributed by atoms with E-state index in [4.69, 9.17) is 4.74 Å². The molecule has 1 aromatic carbocycles. The highest BCUT2D eigenvalue weighted by Crippen LogP contribution is 2.39. The van der Waals surface area contributed by atoms with Crippen LogP contribution < -0.4 is 0 Å². The van der Waals surface area contributed by atoms with E-state index in [9.17, 15) is 5.11 Å². The maximum Gasteiger partial charge on any atom is 0.0945 e. The summed E-state index contributed by atoms with van der Waals surface area (Å²) in [5.74, 6) is 0. The van der Waals surface area contributed by atoms with Crippen molar-refractivity contribution in [3.05, 3.63) is 34.9 Å². The Balaban J connectivity index is 2.37. The highest BCUT2D eigenvalue weighted by atomic mass is 16.5. The summed E-state index contributed by atoms with van der Waals surface area (Å²) in [6.07, 6.45) is 1.34. The van der Waals surface area contributed by atoms with Crippen molar-refractivity contribution < 1.29 is 9.84 Å². The van der Waals surface area contributed by atoms with Crippen LogP contribution in [-0.4, -0.2) is 17.3 Å². The zero-order valence-corrected chi connectivity index (χ0v) is 11.2. The summed E-state index contributed by atoms with van der Waals surface area (Å²) in [6.45, 7) is 8.85. The molecule has 0 amide bonds. The van der Waals surface area contributed by atoms with Gasteiger partial charge < -0.3 is 9.84 Å². The second kappa shape index (κ2) is 4.11. The van der Waals surface area contributed by atoms with E-state index in [1.807, 2.05) is 13.8 Å². The zero-order chi connectivity index (χ0) is 12.7. The van der Waals surface area contributed by atoms with Gasteiger partial charge in [-0.25, -0.2) is 0 Å². The van der Waals surface area contributed by atoms with E-state index in [1.54, 1.807) is 0 Å². The summed E-state index contributed by atoms with van der Waals surface area (Å²) < 4.78 is 5.68. The van der Waals surface area contributed by atoms with E-state index in [1.165, 1.54) is 11.1 Å². The molecule has 2 nitrogen and oxygen atoms in total. The molecule has 0 saturated carbocycles. The van der Waals surface area contributed by atoms with Gasteiger partial charge in [0.15, 0.2) is 0 Å². The van der Waals surface area contributed by atoms with Crippen LogP contribution in [0, 0.1) is 13.8 Å². The molecule has 1 unspecified atom stereocenters. The average Bonchev–Trinajstić information content (AvgIpc) is 2.13. The van der Waals surface area contributed by atoms with Crippen LogP contribution in [0.4, 0.5) is 0 Å². The molecule has 0 aromatic heterocycles. The van der Waals surface area contributed by atoms with Gasteiger partial charge >= 0.3 is 0 Å². The van der Waals surface area contributed by atoms with E-state index in [0.717, 1.165) is 5.56 Å². The minimum Gasteiger partial charge on any atom is -0.385 e. The molecule has 1 atom stereocenters. The summed E-state index contributed by atoms with van der Waals surface area (Å²) in [5, 5.41) is 10.8. The van der Waals surface area contributed by atoms with Gasteiger partial charge in [-0.2, -0.15) is 0 Å². The number of hydrogen-bond donors (Lipinski definition) is 1. The van der Waals surface area contributed by atoms with Gasteiger partial charge in [-0.1, -0.05) is 29.3 Å². The Kier molecular flexibility index (Phi) is 3.04. The molecule has 0 radical (unpaired) electrons. The molecule has 0 bridgehead atoms. The lowest BCUT2D eigenvalue weighted by molar-refractivity contribution is -0.148. The lowest BCUT2D eigenvalue weighted by atomic mass is 9.78. The number of benzene rings is 1. The van der Waals surface area contributed by atoms with Crippen LogP contribution in [0.2, 0.25) is 0 Å². The van der Waals surface area contributed by atoms with Crippen molar-refractivity contribution in [2.45, 2.75) is 51.7 Å². The van der Waals surface area contributed by atoms with Crippen LogP contribution in [0.15, 0.2) is 18.2 Å². The molecule has 1 aliphatic heterocycles. The van der Waals surface area contributed by atoms with Crippen molar-refractivity contribution in [3.8, 4) is 0 Å². The van der Waals surface area contributed by atoms with E-state index < -0.39 is 5.60 Å². The Morgan fingerprint density at radius 1 is 1.12 bits per heavy atom. The monoisotopic (exact) mass is 234 g/mol.